The molecule has 4 rings (SSSR count). The van der Waals surface area contributed by atoms with Crippen LogP contribution >= 0.6 is 0 Å². The lowest BCUT2D eigenvalue weighted by atomic mass is 10.1. The Morgan fingerprint density at radius 2 is 2.19 bits per heavy atom. The molecule has 26 heavy (non-hydrogen) atoms. The minimum absolute atomic E-state index is 0.153. The Morgan fingerprint density at radius 3 is 2.92 bits per heavy atom. The number of nitrogens with zero attached hydrogens (tertiary/aromatic N) is 3. The Kier molecular flexibility index (Phi) is 4.90. The van der Waals surface area contributed by atoms with Gasteiger partial charge in [-0.05, 0) is 44.2 Å². The van der Waals surface area contributed by atoms with Gasteiger partial charge in [0.25, 0.3) is 0 Å². The van der Waals surface area contributed by atoms with E-state index in [9.17, 15) is 8.42 Å². The summed E-state index contributed by atoms with van der Waals surface area (Å²) in [5, 5.41) is 3.96. The van der Waals surface area contributed by atoms with Crippen molar-refractivity contribution in [3.8, 4) is 0 Å². The third-order valence-electron chi connectivity index (χ3n) is 5.16. The van der Waals surface area contributed by atoms with Gasteiger partial charge < -0.3 is 9.09 Å². The fourth-order valence-electron chi connectivity index (χ4n) is 3.69. The molecule has 7 nitrogen and oxygen atoms in total. The average Bonchev–Trinajstić information content (AvgIpc) is 3.29. The highest BCUT2D eigenvalue weighted by molar-refractivity contribution is 7.90. The Balaban J connectivity index is 1.40. The van der Waals surface area contributed by atoms with Gasteiger partial charge >= 0.3 is 0 Å². The van der Waals surface area contributed by atoms with Crippen molar-refractivity contribution in [2.45, 2.75) is 51.1 Å². The van der Waals surface area contributed by atoms with Crippen LogP contribution < -0.4 is 4.72 Å². The first-order valence-electron chi connectivity index (χ1n) is 9.26. The second-order valence-electron chi connectivity index (χ2n) is 7.54. The summed E-state index contributed by atoms with van der Waals surface area (Å²) in [4.78, 5) is 2.37. The number of hydrogen-bond acceptors (Lipinski definition) is 5. The molecular weight excluding hydrogens is 352 g/mol. The molecule has 1 fully saturated rings. The van der Waals surface area contributed by atoms with Gasteiger partial charge in [0.2, 0.25) is 10.0 Å². The predicted octanol–water partition coefficient (Wildman–Crippen LogP) is 1.89. The number of nitrogens with one attached hydrogen (secondary N) is 1. The van der Waals surface area contributed by atoms with E-state index < -0.39 is 10.0 Å². The van der Waals surface area contributed by atoms with Crippen LogP contribution in [0.25, 0.3) is 0 Å². The molecule has 1 N–H and O–H groups in total. The molecule has 0 amide bonds. The van der Waals surface area contributed by atoms with Gasteiger partial charge in [-0.1, -0.05) is 5.16 Å². The van der Waals surface area contributed by atoms with E-state index in [0.717, 1.165) is 56.9 Å². The van der Waals surface area contributed by atoms with Gasteiger partial charge in [0.1, 0.15) is 5.76 Å². The maximum Gasteiger partial charge on any atom is 0.214 e. The summed E-state index contributed by atoms with van der Waals surface area (Å²) < 4.78 is 34.3. The molecule has 1 aliphatic carbocycles. The predicted molar refractivity (Wildman–Crippen MR) is 97.8 cm³/mol. The zero-order valence-corrected chi connectivity index (χ0v) is 15.9. The van der Waals surface area contributed by atoms with Crippen LogP contribution in [0.15, 0.2) is 28.9 Å². The molecule has 0 aromatic carbocycles. The Labute approximate surface area is 154 Å². The molecule has 2 aliphatic rings. The number of fused-ring (bicyclic) bond motifs is 1. The topological polar surface area (TPSA) is 80.4 Å². The molecule has 8 heteroatoms. The normalized spacial score (nSPS) is 21.5. The van der Waals surface area contributed by atoms with Crippen LogP contribution in [0.5, 0.6) is 0 Å². The van der Waals surface area contributed by atoms with Crippen molar-refractivity contribution < 1.29 is 12.9 Å². The summed E-state index contributed by atoms with van der Waals surface area (Å²) in [5.74, 6) is 1.21. The molecule has 2 aromatic rings. The van der Waals surface area contributed by atoms with Crippen molar-refractivity contribution in [3.63, 3.8) is 0 Å². The van der Waals surface area contributed by atoms with E-state index in [1.807, 2.05) is 13.0 Å². The SMILES string of the molecule is Cc1cc(CN2Cc3cccn3C[C@H](CCNS(=O)(=O)C3CC3)C2)no1. The van der Waals surface area contributed by atoms with Crippen LogP contribution in [0.4, 0.5) is 0 Å². The first kappa shape index (κ1) is 17.8. The van der Waals surface area contributed by atoms with E-state index in [1.165, 1.54) is 5.69 Å². The molecule has 1 aliphatic heterocycles. The number of aryl methyl sites for hydroxylation is 1. The van der Waals surface area contributed by atoms with Crippen LogP contribution in [0, 0.1) is 12.8 Å². The van der Waals surface area contributed by atoms with Crippen molar-refractivity contribution in [2.24, 2.45) is 5.92 Å². The number of rotatable bonds is 7. The summed E-state index contributed by atoms with van der Waals surface area (Å²) >= 11 is 0. The van der Waals surface area contributed by atoms with Crippen molar-refractivity contribution in [2.75, 3.05) is 13.1 Å². The number of sulfonamides is 1. The van der Waals surface area contributed by atoms with E-state index in [2.05, 4.69) is 37.7 Å². The van der Waals surface area contributed by atoms with E-state index in [-0.39, 0.29) is 5.25 Å². The molecule has 0 unspecified atom stereocenters. The van der Waals surface area contributed by atoms with Gasteiger partial charge in [-0.15, -0.1) is 0 Å². The molecular formula is C18H26N4O3S. The molecule has 1 atom stereocenters. The van der Waals surface area contributed by atoms with Crippen molar-refractivity contribution in [1.82, 2.24) is 19.3 Å². The molecule has 0 saturated heterocycles. The molecule has 2 aromatic heterocycles. The van der Waals surface area contributed by atoms with Gasteiger partial charge in [-0.2, -0.15) is 0 Å². The van der Waals surface area contributed by atoms with Crippen LogP contribution in [0.3, 0.4) is 0 Å². The molecule has 3 heterocycles. The second-order valence-corrected chi connectivity index (χ2v) is 9.59. The second kappa shape index (κ2) is 7.17. The molecule has 1 saturated carbocycles. The lowest BCUT2D eigenvalue weighted by Crippen LogP contribution is -2.32. The summed E-state index contributed by atoms with van der Waals surface area (Å²) in [6.07, 6.45) is 4.55. The lowest BCUT2D eigenvalue weighted by molar-refractivity contribution is 0.210. The fourth-order valence-corrected chi connectivity index (χ4v) is 5.09. The highest BCUT2D eigenvalue weighted by atomic mass is 32.2. The molecule has 0 bridgehead atoms. The molecule has 0 spiro atoms. The summed E-state index contributed by atoms with van der Waals surface area (Å²) in [6, 6.07) is 6.20. The molecule has 0 radical (unpaired) electrons. The third-order valence-corrected chi connectivity index (χ3v) is 7.12. The van der Waals surface area contributed by atoms with Crippen molar-refractivity contribution >= 4 is 10.0 Å². The van der Waals surface area contributed by atoms with Gasteiger partial charge in [0, 0.05) is 50.7 Å². The van der Waals surface area contributed by atoms with Gasteiger partial charge in [-0.25, -0.2) is 13.1 Å². The van der Waals surface area contributed by atoms with Crippen LogP contribution in [-0.2, 0) is 29.7 Å². The smallest absolute Gasteiger partial charge is 0.214 e. The van der Waals surface area contributed by atoms with Crippen LogP contribution in [-0.4, -0.2) is 41.4 Å². The first-order chi connectivity index (χ1) is 12.5. The highest BCUT2D eigenvalue weighted by Gasteiger charge is 2.35. The largest absolute Gasteiger partial charge is 0.361 e. The standard InChI is InChI=1S/C18H26N4O3S/c1-14-9-16(20-25-14)12-21-10-15(11-22-8-2-3-17(22)13-21)6-7-19-26(23,24)18-4-5-18/h2-3,8-9,15,18-19H,4-7,10-13H2,1H3/t15-/m1/s1. The van der Waals surface area contributed by atoms with Gasteiger partial charge in [0.15, 0.2) is 0 Å². The number of hydrogen-bond donors (Lipinski definition) is 1. The maximum atomic E-state index is 12.0. The minimum Gasteiger partial charge on any atom is -0.361 e. The van der Waals surface area contributed by atoms with E-state index >= 15 is 0 Å². The van der Waals surface area contributed by atoms with Gasteiger partial charge in [-0.3, -0.25) is 4.90 Å². The Morgan fingerprint density at radius 1 is 1.35 bits per heavy atom. The van der Waals surface area contributed by atoms with Gasteiger partial charge in [0.05, 0.1) is 10.9 Å². The highest BCUT2D eigenvalue weighted by Crippen LogP contribution is 2.27. The van der Waals surface area contributed by atoms with E-state index in [4.69, 9.17) is 4.52 Å². The van der Waals surface area contributed by atoms with E-state index in [0.29, 0.717) is 12.5 Å². The van der Waals surface area contributed by atoms with Crippen molar-refractivity contribution in [1.29, 1.82) is 0 Å². The maximum absolute atomic E-state index is 12.0. The summed E-state index contributed by atoms with van der Waals surface area (Å²) in [6.45, 7) is 5.85. The van der Waals surface area contributed by atoms with Crippen LogP contribution in [0.2, 0.25) is 0 Å². The minimum atomic E-state index is -3.10. The molecule has 142 valence electrons. The van der Waals surface area contributed by atoms with E-state index in [1.54, 1.807) is 0 Å². The average molecular weight is 378 g/mol. The summed E-state index contributed by atoms with van der Waals surface area (Å²) in [7, 11) is -3.10. The summed E-state index contributed by atoms with van der Waals surface area (Å²) in [5.41, 5.74) is 2.22. The Hall–Kier alpha value is -1.64. The van der Waals surface area contributed by atoms with Crippen LogP contribution in [0.1, 0.15) is 36.4 Å². The monoisotopic (exact) mass is 378 g/mol. The van der Waals surface area contributed by atoms with Crippen molar-refractivity contribution in [3.05, 3.63) is 41.5 Å². The number of aromatic nitrogens is 2. The first-order valence-corrected chi connectivity index (χ1v) is 10.8. The lowest BCUT2D eigenvalue weighted by Gasteiger charge is -2.23. The zero-order valence-electron chi connectivity index (χ0n) is 15.1. The fraction of sp³-hybridized carbons (Fsp3) is 0.611. The third kappa shape index (κ3) is 4.19. The zero-order chi connectivity index (χ0) is 18.1. The quantitative estimate of drug-likeness (QED) is 0.796. The Bertz CT molecular complexity index is 853.